The van der Waals surface area contributed by atoms with Crippen molar-refractivity contribution in [2.75, 3.05) is 11.9 Å². The Morgan fingerprint density at radius 3 is 2.85 bits per heavy atom. The minimum Gasteiger partial charge on any atom is -0.481 e. The summed E-state index contributed by atoms with van der Waals surface area (Å²) in [5.74, 6) is -0.341. The van der Waals surface area contributed by atoms with Crippen LogP contribution in [0.25, 0.3) is 0 Å². The Balaban J connectivity index is 2.49. The summed E-state index contributed by atoms with van der Waals surface area (Å²) in [5, 5.41) is 21.0. The molecule has 4 nitrogen and oxygen atoms in total. The predicted molar refractivity (Wildman–Crippen MR) is 82.6 cm³/mol. The van der Waals surface area contributed by atoms with Gasteiger partial charge in [0.1, 0.15) is 6.07 Å². The number of benzene rings is 1. The highest BCUT2D eigenvalue weighted by molar-refractivity contribution is 9.10. The SMILES string of the molecule is CCC(CCNc1cc(Br)ccc1C#N)CCC(=O)O. The summed E-state index contributed by atoms with van der Waals surface area (Å²) >= 11 is 3.39. The van der Waals surface area contributed by atoms with Gasteiger partial charge >= 0.3 is 5.97 Å². The maximum atomic E-state index is 10.6. The number of hydrogen-bond acceptors (Lipinski definition) is 3. The van der Waals surface area contributed by atoms with E-state index in [0.717, 1.165) is 29.5 Å². The number of halogens is 1. The predicted octanol–water partition coefficient (Wildman–Crippen LogP) is 4.01. The van der Waals surface area contributed by atoms with Crippen LogP contribution in [-0.4, -0.2) is 17.6 Å². The molecule has 0 heterocycles. The van der Waals surface area contributed by atoms with Crippen LogP contribution in [-0.2, 0) is 4.79 Å². The van der Waals surface area contributed by atoms with Crippen molar-refractivity contribution in [2.45, 2.75) is 32.6 Å². The fraction of sp³-hybridized carbons (Fsp3) is 0.467. The van der Waals surface area contributed by atoms with Crippen molar-refractivity contribution in [1.82, 2.24) is 0 Å². The van der Waals surface area contributed by atoms with Crippen molar-refractivity contribution in [2.24, 2.45) is 5.92 Å². The van der Waals surface area contributed by atoms with Crippen molar-refractivity contribution >= 4 is 27.6 Å². The zero-order valence-electron chi connectivity index (χ0n) is 11.5. The highest BCUT2D eigenvalue weighted by Gasteiger charge is 2.09. The number of carboxylic acid groups (broad SMARTS) is 1. The first-order valence-electron chi connectivity index (χ1n) is 6.72. The standard InChI is InChI=1S/C15H19BrN2O2/c1-2-11(3-6-15(19)20)7-8-18-14-9-13(16)5-4-12(14)10-17/h4-5,9,11,18H,2-3,6-8H2,1H3,(H,19,20). The highest BCUT2D eigenvalue weighted by Crippen LogP contribution is 2.22. The zero-order chi connectivity index (χ0) is 15.0. The second-order valence-electron chi connectivity index (χ2n) is 4.72. The summed E-state index contributed by atoms with van der Waals surface area (Å²) in [4.78, 5) is 10.6. The van der Waals surface area contributed by atoms with Crippen LogP contribution in [0, 0.1) is 17.2 Å². The van der Waals surface area contributed by atoms with Gasteiger partial charge in [-0.1, -0.05) is 29.3 Å². The van der Waals surface area contributed by atoms with E-state index in [2.05, 4.69) is 34.2 Å². The number of aliphatic carboxylic acids is 1. The molecule has 1 rings (SSSR count). The third-order valence-corrected chi connectivity index (χ3v) is 3.81. The zero-order valence-corrected chi connectivity index (χ0v) is 13.1. The van der Waals surface area contributed by atoms with Crippen LogP contribution in [0.4, 0.5) is 5.69 Å². The molecule has 0 aliphatic rings. The molecule has 5 heteroatoms. The van der Waals surface area contributed by atoms with Gasteiger partial charge in [0, 0.05) is 17.4 Å². The number of hydrogen-bond donors (Lipinski definition) is 2. The molecule has 20 heavy (non-hydrogen) atoms. The molecule has 1 unspecified atom stereocenters. The van der Waals surface area contributed by atoms with E-state index in [1.54, 1.807) is 6.07 Å². The van der Waals surface area contributed by atoms with Gasteiger partial charge in [0.2, 0.25) is 0 Å². The van der Waals surface area contributed by atoms with E-state index >= 15 is 0 Å². The Morgan fingerprint density at radius 2 is 2.25 bits per heavy atom. The molecule has 0 spiro atoms. The first kappa shape index (κ1) is 16.5. The smallest absolute Gasteiger partial charge is 0.303 e. The lowest BCUT2D eigenvalue weighted by molar-refractivity contribution is -0.137. The van der Waals surface area contributed by atoms with Gasteiger partial charge in [-0.25, -0.2) is 0 Å². The molecule has 0 aliphatic carbocycles. The van der Waals surface area contributed by atoms with Crippen LogP contribution >= 0.6 is 15.9 Å². The van der Waals surface area contributed by atoms with Crippen molar-refractivity contribution in [3.63, 3.8) is 0 Å². The van der Waals surface area contributed by atoms with E-state index < -0.39 is 5.97 Å². The van der Waals surface area contributed by atoms with E-state index in [1.165, 1.54) is 0 Å². The molecule has 0 radical (unpaired) electrons. The van der Waals surface area contributed by atoms with Crippen LogP contribution in [0.5, 0.6) is 0 Å². The normalized spacial score (nSPS) is 11.7. The molecule has 108 valence electrons. The summed E-state index contributed by atoms with van der Waals surface area (Å²) in [5.41, 5.74) is 1.43. The van der Waals surface area contributed by atoms with Gasteiger partial charge in [-0.3, -0.25) is 4.79 Å². The van der Waals surface area contributed by atoms with Crippen molar-refractivity contribution < 1.29 is 9.90 Å². The maximum Gasteiger partial charge on any atom is 0.303 e. The first-order chi connectivity index (χ1) is 9.56. The van der Waals surface area contributed by atoms with Crippen LogP contribution < -0.4 is 5.32 Å². The van der Waals surface area contributed by atoms with Gasteiger partial charge in [0.05, 0.1) is 11.3 Å². The van der Waals surface area contributed by atoms with Gasteiger partial charge in [-0.05, 0) is 37.0 Å². The summed E-state index contributed by atoms with van der Waals surface area (Å²) in [6, 6.07) is 7.65. The fourth-order valence-corrected chi connectivity index (χ4v) is 2.41. The number of carboxylic acids is 1. The number of anilines is 1. The highest BCUT2D eigenvalue weighted by atomic mass is 79.9. The summed E-state index contributed by atoms with van der Waals surface area (Å²) < 4.78 is 0.928. The average Bonchev–Trinajstić information content (AvgIpc) is 2.42. The van der Waals surface area contributed by atoms with Crippen LogP contribution in [0.15, 0.2) is 22.7 Å². The van der Waals surface area contributed by atoms with Crippen molar-refractivity contribution in [1.29, 1.82) is 5.26 Å². The minimum absolute atomic E-state index is 0.221. The molecule has 0 saturated heterocycles. The largest absolute Gasteiger partial charge is 0.481 e. The molecule has 0 aromatic heterocycles. The van der Waals surface area contributed by atoms with Gasteiger partial charge in [-0.15, -0.1) is 0 Å². The number of rotatable bonds is 8. The lowest BCUT2D eigenvalue weighted by Gasteiger charge is -2.15. The minimum atomic E-state index is -0.741. The number of carbonyl (C=O) groups is 1. The monoisotopic (exact) mass is 338 g/mol. The summed E-state index contributed by atoms with van der Waals surface area (Å²) in [6.45, 7) is 2.82. The van der Waals surface area contributed by atoms with Crippen molar-refractivity contribution in [3.8, 4) is 6.07 Å². The lowest BCUT2D eigenvalue weighted by atomic mass is 9.96. The number of nitrogens with zero attached hydrogens (tertiary/aromatic N) is 1. The van der Waals surface area contributed by atoms with Gasteiger partial charge in [0.25, 0.3) is 0 Å². The second-order valence-corrected chi connectivity index (χ2v) is 5.64. The average molecular weight is 339 g/mol. The summed E-state index contributed by atoms with van der Waals surface area (Å²) in [7, 11) is 0. The fourth-order valence-electron chi connectivity index (χ4n) is 2.05. The molecule has 0 fully saturated rings. The molecule has 0 amide bonds. The Hall–Kier alpha value is -1.54. The maximum absolute atomic E-state index is 10.6. The molecule has 1 atom stereocenters. The molecule has 0 saturated carbocycles. The van der Waals surface area contributed by atoms with Crippen LogP contribution in [0.2, 0.25) is 0 Å². The molecule has 1 aromatic rings. The second kappa shape index (κ2) is 8.60. The summed E-state index contributed by atoms with van der Waals surface area (Å²) in [6.07, 6.45) is 2.80. The molecule has 1 aromatic carbocycles. The van der Waals surface area contributed by atoms with E-state index in [1.807, 2.05) is 12.1 Å². The van der Waals surface area contributed by atoms with Gasteiger partial charge in [0.15, 0.2) is 0 Å². The third kappa shape index (κ3) is 5.62. The van der Waals surface area contributed by atoms with E-state index in [0.29, 0.717) is 17.9 Å². The first-order valence-corrected chi connectivity index (χ1v) is 7.51. The lowest BCUT2D eigenvalue weighted by Crippen LogP contribution is -2.11. The molecule has 0 bridgehead atoms. The number of nitrogens with one attached hydrogen (secondary N) is 1. The van der Waals surface area contributed by atoms with Crippen LogP contribution in [0.1, 0.15) is 38.2 Å². The quantitative estimate of drug-likeness (QED) is 0.750. The topological polar surface area (TPSA) is 73.1 Å². The molecule has 2 N–H and O–H groups in total. The van der Waals surface area contributed by atoms with Gasteiger partial charge < -0.3 is 10.4 Å². The Morgan fingerprint density at radius 1 is 1.50 bits per heavy atom. The van der Waals surface area contributed by atoms with Crippen molar-refractivity contribution in [3.05, 3.63) is 28.2 Å². The van der Waals surface area contributed by atoms with Crippen LogP contribution in [0.3, 0.4) is 0 Å². The Labute approximate surface area is 127 Å². The molecular weight excluding hydrogens is 320 g/mol. The van der Waals surface area contributed by atoms with E-state index in [9.17, 15) is 4.79 Å². The van der Waals surface area contributed by atoms with E-state index in [-0.39, 0.29) is 6.42 Å². The Kier molecular flexibility index (Phi) is 7.10. The molecular formula is C15H19BrN2O2. The van der Waals surface area contributed by atoms with Gasteiger partial charge in [-0.2, -0.15) is 5.26 Å². The third-order valence-electron chi connectivity index (χ3n) is 3.31. The Bertz CT molecular complexity index is 497. The molecule has 0 aliphatic heterocycles. The number of nitriles is 1. The van der Waals surface area contributed by atoms with E-state index in [4.69, 9.17) is 10.4 Å².